The highest BCUT2D eigenvalue weighted by atomic mass is 32.2. The van der Waals surface area contributed by atoms with E-state index in [4.69, 9.17) is 0 Å². The van der Waals surface area contributed by atoms with Crippen LogP contribution in [0.1, 0.15) is 0 Å². The third kappa shape index (κ3) is 3.40. The molecule has 0 bridgehead atoms. The normalized spacial score (nSPS) is 11.3. The molecule has 1 aromatic heterocycles. The van der Waals surface area contributed by atoms with Crippen molar-refractivity contribution in [1.29, 1.82) is 0 Å². The van der Waals surface area contributed by atoms with E-state index in [0.717, 1.165) is 7.11 Å². The average Bonchev–Trinajstić information content (AvgIpc) is 3.11. The van der Waals surface area contributed by atoms with Gasteiger partial charge in [-0.3, -0.25) is 4.72 Å². The Morgan fingerprint density at radius 2 is 1.84 bits per heavy atom. The highest BCUT2D eigenvalue weighted by Crippen LogP contribution is 2.26. The van der Waals surface area contributed by atoms with Gasteiger partial charge in [0.25, 0.3) is 10.0 Å². The fourth-order valence-corrected chi connectivity index (χ4v) is 3.18. The Morgan fingerprint density at radius 3 is 2.44 bits per heavy atom. The van der Waals surface area contributed by atoms with Gasteiger partial charge in [0, 0.05) is 23.4 Å². The number of sulfonamides is 1. The fraction of sp³-hybridized carbons (Fsp3) is 0.0714. The number of hydrogen-bond acceptors (Lipinski definition) is 6. The lowest BCUT2D eigenvalue weighted by Crippen LogP contribution is -2.15. The number of hydrogen-bond donors (Lipinski definition) is 2. The van der Waals surface area contributed by atoms with Crippen molar-refractivity contribution >= 4 is 15.7 Å². The molecule has 25 heavy (non-hydrogen) atoms. The Labute approximate surface area is 140 Å². The number of tetrazole rings is 1. The lowest BCUT2D eigenvalue weighted by Gasteiger charge is -2.10. The number of H-pyrrole nitrogens is 1. The van der Waals surface area contributed by atoms with E-state index in [1.54, 1.807) is 12.1 Å². The van der Waals surface area contributed by atoms with Crippen LogP contribution in [0.4, 0.5) is 14.5 Å². The second kappa shape index (κ2) is 6.43. The molecular weight excluding hydrogens is 356 g/mol. The lowest BCUT2D eigenvalue weighted by atomic mass is 10.2. The number of rotatable bonds is 5. The Balaban J connectivity index is 1.88. The van der Waals surface area contributed by atoms with Crippen LogP contribution in [0.25, 0.3) is 11.4 Å². The van der Waals surface area contributed by atoms with Crippen molar-refractivity contribution in [3.8, 4) is 17.1 Å². The molecule has 2 N–H and O–H groups in total. The molecule has 0 saturated carbocycles. The van der Waals surface area contributed by atoms with Gasteiger partial charge in [0.15, 0.2) is 11.6 Å². The van der Waals surface area contributed by atoms with E-state index in [0.29, 0.717) is 23.5 Å². The van der Waals surface area contributed by atoms with Gasteiger partial charge in [-0.25, -0.2) is 17.2 Å². The summed E-state index contributed by atoms with van der Waals surface area (Å²) in [5.41, 5.74) is 0.751. The van der Waals surface area contributed by atoms with Gasteiger partial charge in [0.05, 0.1) is 7.11 Å². The van der Waals surface area contributed by atoms with E-state index in [-0.39, 0.29) is 11.4 Å². The topological polar surface area (TPSA) is 110 Å². The molecule has 0 atom stereocenters. The van der Waals surface area contributed by atoms with Crippen molar-refractivity contribution in [2.24, 2.45) is 0 Å². The SMILES string of the molecule is COc1cc(F)c(S(=O)(=O)Nc2ccc(-c3nn[nH]n3)cc2)cc1F. The maximum absolute atomic E-state index is 14.0. The molecule has 2 aromatic carbocycles. The highest BCUT2D eigenvalue weighted by Gasteiger charge is 2.22. The van der Waals surface area contributed by atoms with E-state index < -0.39 is 26.6 Å². The third-order valence-electron chi connectivity index (χ3n) is 3.24. The molecule has 8 nitrogen and oxygen atoms in total. The summed E-state index contributed by atoms with van der Waals surface area (Å²) in [6.45, 7) is 0. The van der Waals surface area contributed by atoms with E-state index in [1.165, 1.54) is 12.1 Å². The summed E-state index contributed by atoms with van der Waals surface area (Å²) in [5, 5.41) is 13.3. The fourth-order valence-electron chi connectivity index (χ4n) is 2.05. The number of ether oxygens (including phenoxy) is 1. The maximum atomic E-state index is 14.0. The Bertz CT molecular complexity index is 992. The Hall–Kier alpha value is -3.08. The minimum absolute atomic E-state index is 0.155. The van der Waals surface area contributed by atoms with E-state index in [1.807, 2.05) is 0 Å². The predicted molar refractivity (Wildman–Crippen MR) is 83.3 cm³/mol. The Kier molecular flexibility index (Phi) is 4.31. The van der Waals surface area contributed by atoms with E-state index in [9.17, 15) is 17.2 Å². The van der Waals surface area contributed by atoms with Crippen LogP contribution in [0.5, 0.6) is 5.75 Å². The van der Waals surface area contributed by atoms with Crippen molar-refractivity contribution in [1.82, 2.24) is 20.6 Å². The molecule has 1 heterocycles. The first kappa shape index (κ1) is 16.8. The van der Waals surface area contributed by atoms with Gasteiger partial charge in [-0.2, -0.15) is 5.21 Å². The second-order valence-electron chi connectivity index (χ2n) is 4.84. The summed E-state index contributed by atoms with van der Waals surface area (Å²) < 4.78 is 59.0. The van der Waals surface area contributed by atoms with E-state index >= 15 is 0 Å². The zero-order valence-electron chi connectivity index (χ0n) is 12.7. The minimum Gasteiger partial charge on any atom is -0.494 e. The first-order valence-electron chi connectivity index (χ1n) is 6.80. The van der Waals surface area contributed by atoms with Crippen molar-refractivity contribution in [2.75, 3.05) is 11.8 Å². The van der Waals surface area contributed by atoms with Gasteiger partial charge in [0.2, 0.25) is 5.82 Å². The summed E-state index contributed by atoms with van der Waals surface area (Å²) in [4.78, 5) is -0.826. The molecule has 11 heteroatoms. The average molecular weight is 367 g/mol. The van der Waals surface area contributed by atoms with Gasteiger partial charge in [0.1, 0.15) is 10.7 Å². The number of benzene rings is 2. The summed E-state index contributed by atoms with van der Waals surface area (Å²) in [6.07, 6.45) is 0. The molecule has 3 rings (SSSR count). The minimum atomic E-state index is -4.33. The molecule has 0 aliphatic rings. The molecule has 0 aliphatic heterocycles. The summed E-state index contributed by atoms with van der Waals surface area (Å²) in [5.74, 6) is -2.18. The standard InChI is InChI=1S/C14H11F2N5O3S/c1-24-12-6-11(16)13(7-10(12)15)25(22,23)19-9-4-2-8(3-5-9)14-17-20-21-18-14/h2-7,19H,1H3,(H,17,18,20,21). The molecule has 0 spiro atoms. The van der Waals surface area contributed by atoms with Crippen LogP contribution in [-0.4, -0.2) is 36.2 Å². The number of nitrogens with zero attached hydrogens (tertiary/aromatic N) is 3. The van der Waals surface area contributed by atoms with E-state index in [2.05, 4.69) is 30.1 Å². The quantitative estimate of drug-likeness (QED) is 0.713. The maximum Gasteiger partial charge on any atom is 0.264 e. The van der Waals surface area contributed by atoms with Gasteiger partial charge in [-0.05, 0) is 29.5 Å². The largest absolute Gasteiger partial charge is 0.494 e. The molecule has 0 aliphatic carbocycles. The monoisotopic (exact) mass is 367 g/mol. The number of aromatic amines is 1. The van der Waals surface area contributed by atoms with Gasteiger partial charge in [-0.15, -0.1) is 10.2 Å². The number of anilines is 1. The lowest BCUT2D eigenvalue weighted by molar-refractivity contribution is 0.380. The zero-order valence-corrected chi connectivity index (χ0v) is 13.5. The molecule has 0 fully saturated rings. The predicted octanol–water partition coefficient (Wildman–Crippen LogP) is 1.95. The van der Waals surface area contributed by atoms with Gasteiger partial charge >= 0.3 is 0 Å². The van der Waals surface area contributed by atoms with Crippen LogP contribution in [-0.2, 0) is 10.0 Å². The van der Waals surface area contributed by atoms with Crippen molar-refractivity contribution in [3.05, 3.63) is 48.0 Å². The third-order valence-corrected chi connectivity index (χ3v) is 4.63. The van der Waals surface area contributed by atoms with Crippen molar-refractivity contribution < 1.29 is 21.9 Å². The van der Waals surface area contributed by atoms with Crippen molar-refractivity contribution in [2.45, 2.75) is 4.90 Å². The molecule has 0 amide bonds. The summed E-state index contributed by atoms with van der Waals surface area (Å²) >= 11 is 0. The molecule has 0 unspecified atom stereocenters. The van der Waals surface area contributed by atoms with Crippen LogP contribution in [0.2, 0.25) is 0 Å². The molecule has 130 valence electrons. The van der Waals surface area contributed by atoms with Crippen LogP contribution in [0.15, 0.2) is 41.3 Å². The van der Waals surface area contributed by atoms with Crippen molar-refractivity contribution in [3.63, 3.8) is 0 Å². The molecule has 0 saturated heterocycles. The van der Waals surface area contributed by atoms with Crippen LogP contribution in [0, 0.1) is 11.6 Å². The first-order valence-corrected chi connectivity index (χ1v) is 8.29. The number of aromatic nitrogens is 4. The van der Waals surface area contributed by atoms with Crippen LogP contribution >= 0.6 is 0 Å². The summed E-state index contributed by atoms with van der Waals surface area (Å²) in [7, 11) is -3.18. The number of halogens is 2. The summed E-state index contributed by atoms with van der Waals surface area (Å²) in [6, 6.07) is 7.19. The zero-order chi connectivity index (χ0) is 18.0. The molecular formula is C14H11F2N5O3S. The van der Waals surface area contributed by atoms with Gasteiger partial charge in [-0.1, -0.05) is 0 Å². The highest BCUT2D eigenvalue weighted by molar-refractivity contribution is 7.92. The Morgan fingerprint density at radius 1 is 1.12 bits per heavy atom. The van der Waals surface area contributed by atoms with Gasteiger partial charge < -0.3 is 4.74 Å². The molecule has 0 radical (unpaired) electrons. The number of nitrogens with one attached hydrogen (secondary N) is 2. The van der Waals surface area contributed by atoms with Crippen LogP contribution < -0.4 is 9.46 Å². The van der Waals surface area contributed by atoms with Crippen LogP contribution in [0.3, 0.4) is 0 Å². The first-order chi connectivity index (χ1) is 11.9. The second-order valence-corrected chi connectivity index (χ2v) is 6.49. The smallest absolute Gasteiger partial charge is 0.264 e. The molecule has 3 aromatic rings. The number of methoxy groups -OCH3 is 1.